The average Bonchev–Trinajstić information content (AvgIpc) is 2.27. The van der Waals surface area contributed by atoms with Gasteiger partial charge in [-0.2, -0.15) is 0 Å². The number of fused-ring (bicyclic) bond motifs is 1. The number of aromatic nitrogens is 2. The van der Waals surface area contributed by atoms with E-state index in [4.69, 9.17) is 4.74 Å². The Balaban J connectivity index is 2.03. The molecule has 2 heterocycles. The minimum Gasteiger partial charge on any atom is -0.376 e. The van der Waals surface area contributed by atoms with Gasteiger partial charge in [-0.25, -0.2) is 9.97 Å². The van der Waals surface area contributed by atoms with Crippen LogP contribution in [0.15, 0.2) is 30.6 Å². The van der Waals surface area contributed by atoms with Gasteiger partial charge in [-0.15, -0.1) is 0 Å². The van der Waals surface area contributed by atoms with Crippen molar-refractivity contribution in [3.8, 4) is 0 Å². The van der Waals surface area contributed by atoms with E-state index >= 15 is 0 Å². The molecule has 1 saturated heterocycles. The van der Waals surface area contributed by atoms with Gasteiger partial charge in [0.05, 0.1) is 24.3 Å². The molecule has 0 atom stereocenters. The molecule has 1 aliphatic rings. The molecule has 1 aromatic carbocycles. The second kappa shape index (κ2) is 3.42. The molecule has 4 nitrogen and oxygen atoms in total. The Morgan fingerprint density at radius 1 is 1.25 bits per heavy atom. The highest BCUT2D eigenvalue weighted by molar-refractivity contribution is 5.88. The first-order valence-corrected chi connectivity index (χ1v) is 5.33. The lowest BCUT2D eigenvalue weighted by molar-refractivity contribution is -0.0319. The van der Waals surface area contributed by atoms with E-state index in [0.717, 1.165) is 29.9 Å². The molecule has 0 unspecified atom stereocenters. The van der Waals surface area contributed by atoms with Crippen molar-refractivity contribution in [2.45, 2.75) is 12.5 Å². The molecule has 3 rings (SSSR count). The number of para-hydroxylation sites is 1. The van der Waals surface area contributed by atoms with Crippen molar-refractivity contribution in [2.75, 3.05) is 18.5 Å². The van der Waals surface area contributed by atoms with Gasteiger partial charge in [0.25, 0.3) is 0 Å². The number of ether oxygens (including phenoxy) is 1. The summed E-state index contributed by atoms with van der Waals surface area (Å²) in [4.78, 5) is 8.53. The van der Waals surface area contributed by atoms with Crippen molar-refractivity contribution in [3.05, 3.63) is 30.6 Å². The predicted molar refractivity (Wildman–Crippen MR) is 62.4 cm³/mol. The lowest BCUT2D eigenvalue weighted by Gasteiger charge is -2.39. The third-order valence-corrected chi connectivity index (χ3v) is 2.80. The van der Waals surface area contributed by atoms with E-state index in [0.29, 0.717) is 0 Å². The Morgan fingerprint density at radius 3 is 2.81 bits per heavy atom. The maximum absolute atomic E-state index is 5.22. The molecule has 1 aromatic heterocycles. The van der Waals surface area contributed by atoms with Gasteiger partial charge in [0.15, 0.2) is 0 Å². The molecule has 1 N–H and O–H groups in total. The molecule has 1 aliphatic heterocycles. The molecule has 0 radical (unpaired) electrons. The van der Waals surface area contributed by atoms with E-state index in [9.17, 15) is 0 Å². The summed E-state index contributed by atoms with van der Waals surface area (Å²) in [6.07, 6.45) is 1.59. The zero-order chi connectivity index (χ0) is 11.0. The van der Waals surface area contributed by atoms with Crippen molar-refractivity contribution in [3.63, 3.8) is 0 Å². The van der Waals surface area contributed by atoms with Gasteiger partial charge in [-0.05, 0) is 19.1 Å². The van der Waals surface area contributed by atoms with E-state index in [-0.39, 0.29) is 5.54 Å². The van der Waals surface area contributed by atoms with Crippen LogP contribution in [-0.4, -0.2) is 28.7 Å². The highest BCUT2D eigenvalue weighted by Crippen LogP contribution is 2.25. The number of hydrogen-bond donors (Lipinski definition) is 1. The smallest absolute Gasteiger partial charge is 0.137 e. The fraction of sp³-hybridized carbons (Fsp3) is 0.333. The van der Waals surface area contributed by atoms with Gasteiger partial charge in [-0.3, -0.25) is 0 Å². The fourth-order valence-electron chi connectivity index (χ4n) is 1.87. The fourth-order valence-corrected chi connectivity index (χ4v) is 1.87. The van der Waals surface area contributed by atoms with Crippen molar-refractivity contribution in [1.29, 1.82) is 0 Å². The van der Waals surface area contributed by atoms with E-state index in [1.807, 2.05) is 24.3 Å². The third kappa shape index (κ3) is 1.51. The SMILES string of the molecule is CC1(Nc2ncnc3ccccc23)COC1. The van der Waals surface area contributed by atoms with Crippen LogP contribution in [0.3, 0.4) is 0 Å². The Morgan fingerprint density at radius 2 is 2.06 bits per heavy atom. The van der Waals surface area contributed by atoms with Crippen molar-refractivity contribution in [2.24, 2.45) is 0 Å². The quantitative estimate of drug-likeness (QED) is 0.830. The van der Waals surface area contributed by atoms with E-state index in [1.165, 1.54) is 0 Å². The number of nitrogens with zero attached hydrogens (tertiary/aromatic N) is 2. The van der Waals surface area contributed by atoms with Gasteiger partial charge in [-0.1, -0.05) is 12.1 Å². The molecular weight excluding hydrogens is 202 g/mol. The largest absolute Gasteiger partial charge is 0.376 e. The monoisotopic (exact) mass is 215 g/mol. The predicted octanol–water partition coefficient (Wildman–Crippen LogP) is 1.83. The number of rotatable bonds is 2. The van der Waals surface area contributed by atoms with Crippen LogP contribution >= 0.6 is 0 Å². The Hall–Kier alpha value is -1.68. The van der Waals surface area contributed by atoms with Gasteiger partial charge >= 0.3 is 0 Å². The zero-order valence-corrected chi connectivity index (χ0v) is 9.10. The molecule has 0 aliphatic carbocycles. The van der Waals surface area contributed by atoms with Crippen LogP contribution < -0.4 is 5.32 Å². The van der Waals surface area contributed by atoms with E-state index in [2.05, 4.69) is 22.2 Å². The maximum Gasteiger partial charge on any atom is 0.137 e. The normalized spacial score (nSPS) is 18.1. The Labute approximate surface area is 93.7 Å². The lowest BCUT2D eigenvalue weighted by Crippen LogP contribution is -2.53. The summed E-state index contributed by atoms with van der Waals surface area (Å²) >= 11 is 0. The van der Waals surface area contributed by atoms with Crippen LogP contribution in [0.5, 0.6) is 0 Å². The Bertz CT molecular complexity index is 517. The second-order valence-corrected chi connectivity index (χ2v) is 4.42. The van der Waals surface area contributed by atoms with Crippen LogP contribution in [0.1, 0.15) is 6.92 Å². The molecule has 82 valence electrons. The maximum atomic E-state index is 5.22. The van der Waals surface area contributed by atoms with Gasteiger partial charge in [0.2, 0.25) is 0 Å². The summed E-state index contributed by atoms with van der Waals surface area (Å²) in [6, 6.07) is 7.99. The number of benzene rings is 1. The second-order valence-electron chi connectivity index (χ2n) is 4.42. The van der Waals surface area contributed by atoms with Crippen LogP contribution in [-0.2, 0) is 4.74 Å². The number of hydrogen-bond acceptors (Lipinski definition) is 4. The lowest BCUT2D eigenvalue weighted by atomic mass is 10.0. The molecule has 0 saturated carbocycles. The van der Waals surface area contributed by atoms with E-state index < -0.39 is 0 Å². The molecule has 16 heavy (non-hydrogen) atoms. The minimum atomic E-state index is 0.0110. The van der Waals surface area contributed by atoms with Crippen molar-refractivity contribution < 1.29 is 4.74 Å². The summed E-state index contributed by atoms with van der Waals surface area (Å²) < 4.78 is 5.22. The molecule has 2 aromatic rings. The highest BCUT2D eigenvalue weighted by atomic mass is 16.5. The van der Waals surface area contributed by atoms with Crippen LogP contribution in [0.4, 0.5) is 5.82 Å². The molecule has 4 heteroatoms. The summed E-state index contributed by atoms with van der Waals surface area (Å²) in [5, 5.41) is 4.48. The van der Waals surface area contributed by atoms with Gasteiger partial charge < -0.3 is 10.1 Å². The first-order chi connectivity index (χ1) is 7.77. The molecule has 0 bridgehead atoms. The Kier molecular flexibility index (Phi) is 2.04. The first kappa shape index (κ1) is 9.54. The van der Waals surface area contributed by atoms with Crippen LogP contribution in [0.2, 0.25) is 0 Å². The summed E-state index contributed by atoms with van der Waals surface area (Å²) in [5.74, 6) is 0.886. The van der Waals surface area contributed by atoms with Gasteiger partial charge in [0.1, 0.15) is 12.1 Å². The van der Waals surface area contributed by atoms with Crippen LogP contribution in [0, 0.1) is 0 Å². The summed E-state index contributed by atoms with van der Waals surface area (Å²) in [7, 11) is 0. The topological polar surface area (TPSA) is 47.0 Å². The van der Waals surface area contributed by atoms with Crippen LogP contribution in [0.25, 0.3) is 10.9 Å². The van der Waals surface area contributed by atoms with Crippen molar-refractivity contribution >= 4 is 16.7 Å². The number of nitrogens with one attached hydrogen (secondary N) is 1. The molecular formula is C12H13N3O. The number of anilines is 1. The highest BCUT2D eigenvalue weighted by Gasteiger charge is 2.33. The van der Waals surface area contributed by atoms with Gasteiger partial charge in [0, 0.05) is 5.39 Å². The summed E-state index contributed by atoms with van der Waals surface area (Å²) in [5.41, 5.74) is 0.973. The van der Waals surface area contributed by atoms with Crippen molar-refractivity contribution in [1.82, 2.24) is 9.97 Å². The molecule has 0 amide bonds. The third-order valence-electron chi connectivity index (χ3n) is 2.80. The standard InChI is InChI=1S/C12H13N3O/c1-12(6-16-7-12)15-11-9-4-2-3-5-10(9)13-8-14-11/h2-5,8H,6-7H2,1H3,(H,13,14,15). The average molecular weight is 215 g/mol. The summed E-state index contributed by atoms with van der Waals surface area (Å²) in [6.45, 7) is 3.59. The minimum absolute atomic E-state index is 0.0110. The first-order valence-electron chi connectivity index (χ1n) is 5.33. The molecule has 1 fully saturated rings. The van der Waals surface area contributed by atoms with E-state index in [1.54, 1.807) is 6.33 Å². The zero-order valence-electron chi connectivity index (χ0n) is 9.10. The molecule has 0 spiro atoms.